The van der Waals surface area contributed by atoms with E-state index < -0.39 is 11.7 Å². The Morgan fingerprint density at radius 3 is 2.20 bits per heavy atom. The predicted octanol–water partition coefficient (Wildman–Crippen LogP) is 2.88. The highest BCUT2D eigenvalue weighted by molar-refractivity contribution is 6.29. The van der Waals surface area contributed by atoms with E-state index in [1.807, 2.05) is 0 Å². The van der Waals surface area contributed by atoms with Crippen molar-refractivity contribution in [1.29, 1.82) is 0 Å². The molecule has 0 aliphatic heterocycles. The molecule has 0 spiro atoms. The zero-order chi connectivity index (χ0) is 11.7. The van der Waals surface area contributed by atoms with Crippen LogP contribution in [0.3, 0.4) is 0 Å². The first-order chi connectivity index (χ1) is 6.72. The standard InChI is InChI=1S/C8H9ClF3N3/c1-7(2,8(10,11)12)15-6-4-13-5(9)3-14-6/h3-4H,1-2H3,(H,14,15). The van der Waals surface area contributed by atoms with Gasteiger partial charge in [0.25, 0.3) is 0 Å². The van der Waals surface area contributed by atoms with Crippen molar-refractivity contribution in [3.05, 3.63) is 17.5 Å². The molecule has 0 aliphatic rings. The van der Waals surface area contributed by atoms with Crippen LogP contribution in [0.4, 0.5) is 19.0 Å². The second-order valence-corrected chi connectivity index (χ2v) is 3.86. The monoisotopic (exact) mass is 239 g/mol. The first kappa shape index (κ1) is 12.0. The molecule has 0 aliphatic carbocycles. The van der Waals surface area contributed by atoms with E-state index in [0.717, 1.165) is 20.0 Å². The van der Waals surface area contributed by atoms with Gasteiger partial charge < -0.3 is 5.32 Å². The van der Waals surface area contributed by atoms with Gasteiger partial charge in [0.05, 0.1) is 12.4 Å². The number of anilines is 1. The SMILES string of the molecule is CC(C)(Nc1cnc(Cl)cn1)C(F)(F)F. The summed E-state index contributed by atoms with van der Waals surface area (Å²) >= 11 is 5.45. The maximum Gasteiger partial charge on any atom is 0.410 e. The second-order valence-electron chi connectivity index (χ2n) is 3.47. The van der Waals surface area contributed by atoms with Crippen LogP contribution in [0.2, 0.25) is 5.15 Å². The molecule has 0 radical (unpaired) electrons. The van der Waals surface area contributed by atoms with Crippen LogP contribution in [0.15, 0.2) is 12.4 Å². The molecule has 0 amide bonds. The van der Waals surface area contributed by atoms with Crippen LogP contribution in [-0.4, -0.2) is 21.7 Å². The van der Waals surface area contributed by atoms with Crippen LogP contribution in [0.1, 0.15) is 13.8 Å². The van der Waals surface area contributed by atoms with Gasteiger partial charge >= 0.3 is 6.18 Å². The molecule has 15 heavy (non-hydrogen) atoms. The summed E-state index contributed by atoms with van der Waals surface area (Å²) in [6.45, 7) is 2.03. The first-order valence-corrected chi connectivity index (χ1v) is 4.42. The number of nitrogens with zero attached hydrogens (tertiary/aromatic N) is 2. The molecule has 1 N–H and O–H groups in total. The highest BCUT2D eigenvalue weighted by atomic mass is 35.5. The van der Waals surface area contributed by atoms with E-state index in [0.29, 0.717) is 0 Å². The van der Waals surface area contributed by atoms with Crippen molar-refractivity contribution in [2.75, 3.05) is 5.32 Å². The van der Waals surface area contributed by atoms with E-state index in [-0.39, 0.29) is 11.0 Å². The van der Waals surface area contributed by atoms with E-state index in [1.54, 1.807) is 0 Å². The number of nitrogens with one attached hydrogen (secondary N) is 1. The predicted molar refractivity (Wildman–Crippen MR) is 50.8 cm³/mol. The molecular formula is C8H9ClF3N3. The molecule has 0 fully saturated rings. The van der Waals surface area contributed by atoms with Gasteiger partial charge in [-0.05, 0) is 13.8 Å². The second kappa shape index (κ2) is 3.84. The Morgan fingerprint density at radius 2 is 1.80 bits per heavy atom. The largest absolute Gasteiger partial charge is 0.410 e. The number of alkyl halides is 3. The molecule has 0 saturated carbocycles. The molecule has 7 heteroatoms. The van der Waals surface area contributed by atoms with E-state index in [1.165, 1.54) is 6.20 Å². The van der Waals surface area contributed by atoms with E-state index in [2.05, 4.69) is 15.3 Å². The Hall–Kier alpha value is -1.04. The quantitative estimate of drug-likeness (QED) is 0.862. The highest BCUT2D eigenvalue weighted by Crippen LogP contribution is 2.32. The van der Waals surface area contributed by atoms with Crippen LogP contribution in [0.25, 0.3) is 0 Å². The summed E-state index contributed by atoms with van der Waals surface area (Å²) in [5.41, 5.74) is -2.06. The Balaban J connectivity index is 2.82. The van der Waals surface area contributed by atoms with Crippen molar-refractivity contribution < 1.29 is 13.2 Å². The van der Waals surface area contributed by atoms with Crippen LogP contribution in [0, 0.1) is 0 Å². The summed E-state index contributed by atoms with van der Waals surface area (Å²) < 4.78 is 37.4. The molecule has 1 heterocycles. The summed E-state index contributed by atoms with van der Waals surface area (Å²) in [6, 6.07) is 0. The summed E-state index contributed by atoms with van der Waals surface area (Å²) in [5.74, 6) is 0.0294. The molecule has 0 atom stereocenters. The van der Waals surface area contributed by atoms with Crippen LogP contribution in [0.5, 0.6) is 0 Å². The van der Waals surface area contributed by atoms with Gasteiger partial charge in [0.15, 0.2) is 0 Å². The van der Waals surface area contributed by atoms with Crippen LogP contribution < -0.4 is 5.32 Å². The van der Waals surface area contributed by atoms with Gasteiger partial charge in [0.1, 0.15) is 16.5 Å². The number of hydrogen-bond acceptors (Lipinski definition) is 3. The first-order valence-electron chi connectivity index (χ1n) is 4.05. The lowest BCUT2D eigenvalue weighted by Gasteiger charge is -2.29. The van der Waals surface area contributed by atoms with Crippen molar-refractivity contribution >= 4 is 17.4 Å². The van der Waals surface area contributed by atoms with Crippen molar-refractivity contribution in [2.45, 2.75) is 25.6 Å². The smallest absolute Gasteiger partial charge is 0.355 e. The molecule has 0 aromatic carbocycles. The minimum Gasteiger partial charge on any atom is -0.355 e. The van der Waals surface area contributed by atoms with Gasteiger partial charge in [-0.15, -0.1) is 0 Å². The fourth-order valence-electron chi connectivity index (χ4n) is 0.768. The van der Waals surface area contributed by atoms with Crippen molar-refractivity contribution in [2.24, 2.45) is 0 Å². The molecule has 1 rings (SSSR count). The number of aromatic nitrogens is 2. The molecule has 3 nitrogen and oxygen atoms in total. The zero-order valence-corrected chi connectivity index (χ0v) is 8.82. The molecule has 0 saturated heterocycles. The van der Waals surface area contributed by atoms with E-state index in [9.17, 15) is 13.2 Å². The lowest BCUT2D eigenvalue weighted by molar-refractivity contribution is -0.168. The highest BCUT2D eigenvalue weighted by Gasteiger charge is 2.47. The van der Waals surface area contributed by atoms with Gasteiger partial charge in [-0.25, -0.2) is 9.97 Å². The minimum absolute atomic E-state index is 0.0294. The average molecular weight is 240 g/mol. The number of rotatable bonds is 2. The van der Waals surface area contributed by atoms with Gasteiger partial charge in [-0.2, -0.15) is 13.2 Å². The van der Waals surface area contributed by atoms with Gasteiger partial charge in [-0.3, -0.25) is 0 Å². The maximum absolute atomic E-state index is 12.5. The van der Waals surface area contributed by atoms with E-state index >= 15 is 0 Å². The fourth-order valence-corrected chi connectivity index (χ4v) is 0.865. The Morgan fingerprint density at radius 1 is 1.20 bits per heavy atom. The molecule has 0 unspecified atom stereocenters. The Bertz CT molecular complexity index is 334. The minimum atomic E-state index is -4.37. The lowest BCUT2D eigenvalue weighted by Crippen LogP contribution is -2.46. The summed E-state index contributed by atoms with van der Waals surface area (Å²) in [5, 5.41) is 2.36. The number of hydrogen-bond donors (Lipinski definition) is 1. The molecule has 84 valence electrons. The third-order valence-corrected chi connectivity index (χ3v) is 1.96. The average Bonchev–Trinajstić information content (AvgIpc) is 2.06. The Kier molecular flexibility index (Phi) is 3.08. The molecular weight excluding hydrogens is 231 g/mol. The fraction of sp³-hybridized carbons (Fsp3) is 0.500. The van der Waals surface area contributed by atoms with Gasteiger partial charge in [0, 0.05) is 0 Å². The van der Waals surface area contributed by atoms with Crippen molar-refractivity contribution in [3.63, 3.8) is 0 Å². The van der Waals surface area contributed by atoms with Crippen LogP contribution >= 0.6 is 11.6 Å². The molecule has 1 aromatic rings. The third-order valence-electron chi connectivity index (χ3n) is 1.77. The normalized spacial score (nSPS) is 12.7. The maximum atomic E-state index is 12.5. The van der Waals surface area contributed by atoms with Gasteiger partial charge in [0.2, 0.25) is 0 Å². The number of halogens is 4. The zero-order valence-electron chi connectivity index (χ0n) is 8.06. The lowest BCUT2D eigenvalue weighted by atomic mass is 10.1. The molecule has 0 bridgehead atoms. The summed E-state index contributed by atoms with van der Waals surface area (Å²) in [6.07, 6.45) is -2.04. The Labute approximate surface area is 89.7 Å². The summed E-state index contributed by atoms with van der Waals surface area (Å²) in [4.78, 5) is 7.29. The van der Waals surface area contributed by atoms with Crippen LogP contribution in [-0.2, 0) is 0 Å². The summed E-state index contributed by atoms with van der Waals surface area (Å²) in [7, 11) is 0. The molecule has 1 aromatic heterocycles. The van der Waals surface area contributed by atoms with Crippen molar-refractivity contribution in [3.8, 4) is 0 Å². The van der Waals surface area contributed by atoms with Gasteiger partial charge in [-0.1, -0.05) is 11.6 Å². The van der Waals surface area contributed by atoms with E-state index in [4.69, 9.17) is 11.6 Å². The third kappa shape index (κ3) is 2.95. The van der Waals surface area contributed by atoms with Crippen molar-refractivity contribution in [1.82, 2.24) is 9.97 Å². The topological polar surface area (TPSA) is 37.8 Å².